The van der Waals surface area contributed by atoms with Crippen LogP contribution in [0.2, 0.25) is 39.3 Å². The first-order chi connectivity index (χ1) is 20.8. The number of fused-ring (bicyclic) bond motifs is 9. The summed E-state index contributed by atoms with van der Waals surface area (Å²) in [5.41, 5.74) is 0. The molecule has 0 amide bonds. The maximum absolute atomic E-state index is 12.1. The van der Waals surface area contributed by atoms with Crippen molar-refractivity contribution in [3.63, 3.8) is 0 Å². The molecule has 228 valence electrons. The van der Waals surface area contributed by atoms with Crippen molar-refractivity contribution in [2.24, 2.45) is 0 Å². The maximum Gasteiger partial charge on any atom is 0.127 e. The molecule has 0 saturated carbocycles. The van der Waals surface area contributed by atoms with Crippen molar-refractivity contribution in [1.29, 1.82) is 0 Å². The van der Waals surface area contributed by atoms with E-state index in [2.05, 4.69) is 51.4 Å². The van der Waals surface area contributed by atoms with Gasteiger partial charge in [0, 0.05) is 43.1 Å². The molecule has 0 heterocycles. The van der Waals surface area contributed by atoms with Crippen LogP contribution in [0.3, 0.4) is 0 Å². The van der Waals surface area contributed by atoms with Crippen LogP contribution >= 0.6 is 0 Å². The molecular weight excluding hydrogens is 585 g/mol. The highest BCUT2D eigenvalue weighted by molar-refractivity contribution is 6.90. The minimum absolute atomic E-state index is 0.258. The van der Waals surface area contributed by atoms with Crippen molar-refractivity contribution in [3.8, 4) is 34.5 Å². The van der Waals surface area contributed by atoms with Crippen LogP contribution in [-0.2, 0) is 0 Å². The summed E-state index contributed by atoms with van der Waals surface area (Å²) < 4.78 is 23.9. The molecule has 6 rings (SSSR count). The van der Waals surface area contributed by atoms with Gasteiger partial charge in [0.2, 0.25) is 0 Å². The number of hydrogen-bond acceptors (Lipinski definition) is 6. The Morgan fingerprint density at radius 2 is 0.773 bits per heavy atom. The summed E-state index contributed by atoms with van der Waals surface area (Å²) in [7, 11) is 2.61. The molecule has 0 aromatic heterocycles. The lowest BCUT2D eigenvalue weighted by Crippen LogP contribution is -2.37. The van der Waals surface area contributed by atoms with Crippen LogP contribution in [0, 0.1) is 0 Å². The van der Waals surface area contributed by atoms with Gasteiger partial charge in [0.1, 0.15) is 34.5 Å². The minimum atomic E-state index is -2.01. The molecule has 0 bridgehead atoms. The van der Waals surface area contributed by atoms with E-state index in [9.17, 15) is 10.2 Å². The topological polar surface area (TPSA) is 77.4 Å². The molecule has 6 aromatic carbocycles. The largest absolute Gasteiger partial charge is 0.507 e. The zero-order chi connectivity index (χ0) is 31.9. The molecule has 0 aliphatic rings. The van der Waals surface area contributed by atoms with Gasteiger partial charge in [-0.05, 0) is 57.5 Å². The molecule has 6 nitrogen and oxygen atoms in total. The monoisotopic (exact) mass is 624 g/mol. The SMILES string of the molecule is COc1cc([Si](C)(C)C)c(O)c2c1cc(OC)c1ccc3ccc4c(OC)cc5c(OC)cc([Si](C)(C)C)c(O)c5c4c3c12. The Hall–Kier alpha value is -4.15. The summed E-state index contributed by atoms with van der Waals surface area (Å²) in [5.74, 6) is 3.22. The van der Waals surface area contributed by atoms with Crippen LogP contribution < -0.4 is 29.3 Å². The van der Waals surface area contributed by atoms with Gasteiger partial charge in [0.15, 0.2) is 0 Å². The Labute approximate surface area is 259 Å². The minimum Gasteiger partial charge on any atom is -0.507 e. The Balaban J connectivity index is 2.06. The molecule has 0 saturated heterocycles. The summed E-state index contributed by atoms with van der Waals surface area (Å²) in [4.78, 5) is 0. The van der Waals surface area contributed by atoms with Gasteiger partial charge < -0.3 is 29.2 Å². The number of methoxy groups -OCH3 is 4. The van der Waals surface area contributed by atoms with Crippen LogP contribution in [-0.4, -0.2) is 54.8 Å². The number of benzene rings is 6. The standard InChI is InChI=1S/C36H40O6Si2/c1-39-24-15-22-26(41-3)17-28(43(5,6)7)35(37)33(22)31-20(24)13-11-19-12-14-21-25(40-2)16-23-27(42-4)18-29(44(8,9)10)36(38)34(23)32(21)30(19)31/h11-18,37-38H,1-10H3. The van der Waals surface area contributed by atoms with Crippen LogP contribution in [0.15, 0.2) is 48.5 Å². The zero-order valence-corrected chi connectivity index (χ0v) is 29.1. The normalized spacial score (nSPS) is 12.5. The lowest BCUT2D eigenvalue weighted by molar-refractivity contribution is 0.414. The third-order valence-corrected chi connectivity index (χ3v) is 12.9. The number of aromatic hydroxyl groups is 2. The first kappa shape index (κ1) is 29.9. The van der Waals surface area contributed by atoms with E-state index in [0.29, 0.717) is 33.8 Å². The van der Waals surface area contributed by atoms with Crippen molar-refractivity contribution in [1.82, 2.24) is 0 Å². The lowest BCUT2D eigenvalue weighted by atomic mass is 9.89. The zero-order valence-electron chi connectivity index (χ0n) is 27.1. The summed E-state index contributed by atoms with van der Waals surface area (Å²) in [6.45, 7) is 13.3. The van der Waals surface area contributed by atoms with E-state index in [1.807, 2.05) is 36.4 Å². The molecule has 0 radical (unpaired) electrons. The van der Waals surface area contributed by atoms with E-state index in [4.69, 9.17) is 18.9 Å². The first-order valence-electron chi connectivity index (χ1n) is 14.8. The summed E-state index contributed by atoms with van der Waals surface area (Å²) >= 11 is 0. The van der Waals surface area contributed by atoms with Crippen LogP contribution in [0.1, 0.15) is 0 Å². The fourth-order valence-corrected chi connectivity index (χ4v) is 9.50. The Kier molecular flexibility index (Phi) is 6.94. The smallest absolute Gasteiger partial charge is 0.127 e. The number of phenols is 2. The molecule has 0 atom stereocenters. The van der Waals surface area contributed by atoms with E-state index >= 15 is 0 Å². The molecule has 0 aliphatic heterocycles. The Morgan fingerprint density at radius 3 is 1.09 bits per heavy atom. The third-order valence-electron chi connectivity index (χ3n) is 8.87. The molecular formula is C36H40O6Si2. The molecule has 0 fully saturated rings. The first-order valence-corrected chi connectivity index (χ1v) is 21.8. The highest BCUT2D eigenvalue weighted by Crippen LogP contribution is 2.50. The Bertz CT molecular complexity index is 2010. The average molecular weight is 625 g/mol. The van der Waals surface area contributed by atoms with Crippen LogP contribution in [0.5, 0.6) is 34.5 Å². The van der Waals surface area contributed by atoms with Gasteiger partial charge in [-0.3, -0.25) is 0 Å². The number of rotatable bonds is 6. The van der Waals surface area contributed by atoms with Crippen molar-refractivity contribution in [2.75, 3.05) is 28.4 Å². The highest BCUT2D eigenvalue weighted by Gasteiger charge is 2.29. The predicted molar refractivity (Wildman–Crippen MR) is 189 cm³/mol. The van der Waals surface area contributed by atoms with Crippen LogP contribution in [0.4, 0.5) is 0 Å². The maximum atomic E-state index is 12.1. The van der Waals surface area contributed by atoms with Crippen molar-refractivity contribution >= 4 is 80.4 Å². The van der Waals surface area contributed by atoms with Crippen molar-refractivity contribution in [2.45, 2.75) is 39.3 Å². The van der Waals surface area contributed by atoms with Crippen molar-refractivity contribution < 1.29 is 29.2 Å². The van der Waals surface area contributed by atoms with Gasteiger partial charge in [0.05, 0.1) is 44.6 Å². The molecule has 0 spiro atoms. The Morgan fingerprint density at radius 1 is 0.432 bits per heavy atom. The van der Waals surface area contributed by atoms with Gasteiger partial charge in [-0.1, -0.05) is 51.4 Å². The van der Waals surface area contributed by atoms with E-state index in [-0.39, 0.29) is 11.5 Å². The molecule has 8 heteroatoms. The molecule has 44 heavy (non-hydrogen) atoms. The average Bonchev–Trinajstić information content (AvgIpc) is 2.98. The van der Waals surface area contributed by atoms with Gasteiger partial charge in [0.25, 0.3) is 0 Å². The summed E-state index contributed by atoms with van der Waals surface area (Å²) in [6, 6.07) is 16.1. The van der Waals surface area contributed by atoms with E-state index in [1.165, 1.54) is 0 Å². The van der Waals surface area contributed by atoms with Gasteiger partial charge in [-0.15, -0.1) is 0 Å². The molecule has 6 aromatic rings. The molecule has 0 aliphatic carbocycles. The number of ether oxygens (including phenoxy) is 4. The number of hydrogen-bond donors (Lipinski definition) is 2. The second kappa shape index (κ2) is 10.2. The van der Waals surface area contributed by atoms with E-state index in [1.54, 1.807) is 28.4 Å². The van der Waals surface area contributed by atoms with Gasteiger partial charge in [-0.25, -0.2) is 0 Å². The second-order valence-electron chi connectivity index (χ2n) is 13.5. The van der Waals surface area contributed by atoms with Crippen molar-refractivity contribution in [3.05, 3.63) is 48.5 Å². The van der Waals surface area contributed by atoms with Gasteiger partial charge in [-0.2, -0.15) is 0 Å². The lowest BCUT2D eigenvalue weighted by Gasteiger charge is -2.24. The van der Waals surface area contributed by atoms with E-state index < -0.39 is 16.1 Å². The third kappa shape index (κ3) is 4.26. The quantitative estimate of drug-likeness (QED) is 0.145. The molecule has 2 N–H and O–H groups in total. The number of phenolic OH excluding ortho intramolecular Hbond substituents is 2. The predicted octanol–water partition coefficient (Wildman–Crippen LogP) is 7.99. The molecule has 0 unspecified atom stereocenters. The van der Waals surface area contributed by atoms with E-state index in [0.717, 1.165) is 53.5 Å². The van der Waals surface area contributed by atoms with Gasteiger partial charge >= 0.3 is 0 Å². The second-order valence-corrected chi connectivity index (χ2v) is 23.6. The summed E-state index contributed by atoms with van der Waals surface area (Å²) in [5, 5.41) is 34.3. The summed E-state index contributed by atoms with van der Waals surface area (Å²) in [6.07, 6.45) is 0. The fourth-order valence-electron chi connectivity index (χ4n) is 6.70. The highest BCUT2D eigenvalue weighted by atomic mass is 28.3. The van der Waals surface area contributed by atoms with Crippen LogP contribution in [0.25, 0.3) is 53.9 Å². The fraction of sp³-hybridized carbons (Fsp3) is 0.278.